The van der Waals surface area contributed by atoms with Crippen molar-refractivity contribution in [1.29, 1.82) is 0 Å². The van der Waals surface area contributed by atoms with E-state index in [1.165, 1.54) is 12.1 Å². The highest BCUT2D eigenvalue weighted by Crippen LogP contribution is 2.33. The van der Waals surface area contributed by atoms with E-state index in [-0.39, 0.29) is 21.5 Å². The molecule has 1 N–H and O–H groups in total. The van der Waals surface area contributed by atoms with Crippen LogP contribution in [0, 0.1) is 5.82 Å². The first-order chi connectivity index (χ1) is 10.0. The van der Waals surface area contributed by atoms with E-state index in [2.05, 4.69) is 9.88 Å². The maximum Gasteiger partial charge on any atom is 0.336 e. The third-order valence-electron chi connectivity index (χ3n) is 3.93. The molecule has 0 saturated carbocycles. The van der Waals surface area contributed by atoms with Crippen molar-refractivity contribution in [3.8, 4) is 0 Å². The Hall–Kier alpha value is -1.72. The van der Waals surface area contributed by atoms with E-state index in [1.54, 1.807) is 0 Å². The van der Waals surface area contributed by atoms with Crippen LogP contribution in [0.4, 0.5) is 4.39 Å². The molecule has 0 atom stereocenters. The number of aromatic carboxylic acids is 1. The Morgan fingerprint density at radius 3 is 2.95 bits per heavy atom. The quantitative estimate of drug-likeness (QED) is 0.926. The average Bonchev–Trinajstić information content (AvgIpc) is 2.48. The number of carbonyl (C=O) groups is 1. The highest BCUT2D eigenvalue weighted by molar-refractivity contribution is 6.36. The molecule has 0 fully saturated rings. The van der Waals surface area contributed by atoms with Gasteiger partial charge in [-0.15, -0.1) is 0 Å². The van der Waals surface area contributed by atoms with Gasteiger partial charge in [0.15, 0.2) is 0 Å². The Morgan fingerprint density at radius 1 is 1.52 bits per heavy atom. The fourth-order valence-electron chi connectivity index (χ4n) is 2.84. The molecule has 6 heteroatoms. The maximum atomic E-state index is 14.0. The topological polar surface area (TPSA) is 53.4 Å². The summed E-state index contributed by atoms with van der Waals surface area (Å²) in [5, 5.41) is 10.00. The molecule has 0 unspecified atom stereocenters. The largest absolute Gasteiger partial charge is 0.478 e. The number of fused-ring (bicyclic) bond motifs is 2. The number of hydrogen-bond acceptors (Lipinski definition) is 3. The Balaban J connectivity index is 2.38. The summed E-state index contributed by atoms with van der Waals surface area (Å²) in [7, 11) is 0. The van der Waals surface area contributed by atoms with Crippen molar-refractivity contribution in [3.63, 3.8) is 0 Å². The summed E-state index contributed by atoms with van der Waals surface area (Å²) in [5.41, 5.74) is 1.43. The number of carboxylic acids is 1. The predicted octanol–water partition coefficient (Wildman–Crippen LogP) is 3.10. The van der Waals surface area contributed by atoms with Gasteiger partial charge >= 0.3 is 5.97 Å². The monoisotopic (exact) mass is 308 g/mol. The number of nitrogens with zero attached hydrogens (tertiary/aromatic N) is 2. The van der Waals surface area contributed by atoms with Gasteiger partial charge in [0.25, 0.3) is 0 Å². The van der Waals surface area contributed by atoms with E-state index in [0.29, 0.717) is 24.2 Å². The summed E-state index contributed by atoms with van der Waals surface area (Å²) in [4.78, 5) is 18.2. The molecule has 1 aromatic carbocycles. The highest BCUT2D eigenvalue weighted by Gasteiger charge is 2.27. The molecule has 3 rings (SSSR count). The van der Waals surface area contributed by atoms with Crippen LogP contribution in [0.15, 0.2) is 12.1 Å². The van der Waals surface area contributed by atoms with E-state index in [1.807, 2.05) is 6.92 Å². The molecular weight excluding hydrogens is 295 g/mol. The summed E-state index contributed by atoms with van der Waals surface area (Å²) in [5.74, 6) is -1.64. The molecule has 2 heterocycles. The second-order valence-electron chi connectivity index (χ2n) is 5.09. The number of halogens is 2. The second-order valence-corrected chi connectivity index (χ2v) is 5.50. The van der Waals surface area contributed by atoms with Gasteiger partial charge in [-0.1, -0.05) is 18.5 Å². The highest BCUT2D eigenvalue weighted by atomic mass is 35.5. The van der Waals surface area contributed by atoms with Crippen molar-refractivity contribution in [2.24, 2.45) is 0 Å². The normalized spacial score (nSPS) is 15.2. The van der Waals surface area contributed by atoms with Crippen LogP contribution in [-0.2, 0) is 13.0 Å². The van der Waals surface area contributed by atoms with E-state index < -0.39 is 11.8 Å². The molecule has 21 heavy (non-hydrogen) atoms. The second kappa shape index (κ2) is 5.24. The number of carboxylic acid groups (broad SMARTS) is 1. The lowest BCUT2D eigenvalue weighted by Gasteiger charge is -2.28. The first-order valence-corrected chi connectivity index (χ1v) is 7.15. The Bertz CT molecular complexity index is 748. The molecule has 1 aliphatic heterocycles. The molecule has 110 valence electrons. The smallest absolute Gasteiger partial charge is 0.336 e. The van der Waals surface area contributed by atoms with Crippen molar-refractivity contribution in [2.45, 2.75) is 19.9 Å². The summed E-state index contributed by atoms with van der Waals surface area (Å²) >= 11 is 6.11. The standard InChI is InChI=1S/C15H14ClFN2O2/c1-2-19-6-5-11-8(7-19)12(15(20)21)13-9(16)3-4-10(17)14(13)18-11/h3-4H,2,5-7H2,1H3,(H,20,21). The van der Waals surface area contributed by atoms with Crippen LogP contribution in [0.25, 0.3) is 10.9 Å². The minimum atomic E-state index is -1.09. The SMILES string of the molecule is CCN1CCc2nc3c(F)ccc(Cl)c3c(C(=O)O)c2C1. The van der Waals surface area contributed by atoms with Gasteiger partial charge < -0.3 is 5.11 Å². The van der Waals surface area contributed by atoms with Crippen LogP contribution in [-0.4, -0.2) is 34.0 Å². The molecule has 0 radical (unpaired) electrons. The van der Waals surface area contributed by atoms with Crippen molar-refractivity contribution < 1.29 is 14.3 Å². The zero-order chi connectivity index (χ0) is 15.1. The number of benzene rings is 1. The number of likely N-dealkylation sites (N-methyl/N-ethyl adjacent to an activating group) is 1. The van der Waals surface area contributed by atoms with Gasteiger partial charge in [0.05, 0.1) is 10.6 Å². The predicted molar refractivity (Wildman–Crippen MR) is 78.3 cm³/mol. The summed E-state index contributed by atoms with van der Waals surface area (Å²) < 4.78 is 14.0. The minimum Gasteiger partial charge on any atom is -0.478 e. The van der Waals surface area contributed by atoms with Crippen molar-refractivity contribution >= 4 is 28.5 Å². The molecule has 1 aromatic heterocycles. The minimum absolute atomic E-state index is 0.0450. The van der Waals surface area contributed by atoms with Gasteiger partial charge in [0.1, 0.15) is 11.3 Å². The first-order valence-electron chi connectivity index (χ1n) is 6.78. The third-order valence-corrected chi connectivity index (χ3v) is 4.25. The Morgan fingerprint density at radius 2 is 2.29 bits per heavy atom. The van der Waals surface area contributed by atoms with E-state index in [4.69, 9.17) is 11.6 Å². The van der Waals surface area contributed by atoms with E-state index >= 15 is 0 Å². The lowest BCUT2D eigenvalue weighted by atomic mass is 9.95. The molecule has 0 aliphatic carbocycles. The molecule has 2 aromatic rings. The number of aromatic nitrogens is 1. The van der Waals surface area contributed by atoms with Gasteiger partial charge in [0.2, 0.25) is 0 Å². The summed E-state index contributed by atoms with van der Waals surface area (Å²) in [6, 6.07) is 2.59. The van der Waals surface area contributed by atoms with Gasteiger partial charge in [-0.25, -0.2) is 14.2 Å². The van der Waals surface area contributed by atoms with Gasteiger partial charge in [-0.3, -0.25) is 4.90 Å². The lowest BCUT2D eigenvalue weighted by molar-refractivity contribution is 0.0695. The van der Waals surface area contributed by atoms with Crippen LogP contribution >= 0.6 is 11.6 Å². The van der Waals surface area contributed by atoms with Crippen LogP contribution < -0.4 is 0 Å². The fourth-order valence-corrected chi connectivity index (χ4v) is 3.08. The average molecular weight is 309 g/mol. The van der Waals surface area contributed by atoms with Crippen molar-refractivity contribution in [2.75, 3.05) is 13.1 Å². The van der Waals surface area contributed by atoms with Crippen LogP contribution in [0.3, 0.4) is 0 Å². The Labute approximate surface area is 126 Å². The van der Waals surface area contributed by atoms with Crippen molar-refractivity contribution in [1.82, 2.24) is 9.88 Å². The lowest BCUT2D eigenvalue weighted by Crippen LogP contribution is -2.32. The molecule has 0 spiro atoms. The molecule has 0 amide bonds. The van der Waals surface area contributed by atoms with Crippen LogP contribution in [0.2, 0.25) is 5.02 Å². The molecule has 1 aliphatic rings. The summed E-state index contributed by atoms with van der Waals surface area (Å²) in [6.07, 6.45) is 0.616. The Kier molecular flexibility index (Phi) is 3.55. The van der Waals surface area contributed by atoms with Gasteiger partial charge in [-0.05, 0) is 18.7 Å². The van der Waals surface area contributed by atoms with Crippen LogP contribution in [0.1, 0.15) is 28.5 Å². The zero-order valence-electron chi connectivity index (χ0n) is 11.5. The molecule has 4 nitrogen and oxygen atoms in total. The number of rotatable bonds is 2. The third kappa shape index (κ3) is 2.26. The first kappa shape index (κ1) is 14.2. The number of pyridine rings is 1. The molecule has 0 bridgehead atoms. The molecular formula is C15H14ClFN2O2. The van der Waals surface area contributed by atoms with Gasteiger partial charge in [-0.2, -0.15) is 0 Å². The van der Waals surface area contributed by atoms with E-state index in [9.17, 15) is 14.3 Å². The molecule has 0 saturated heterocycles. The number of hydrogen-bond donors (Lipinski definition) is 1. The zero-order valence-corrected chi connectivity index (χ0v) is 12.2. The maximum absolute atomic E-state index is 14.0. The van der Waals surface area contributed by atoms with Crippen LogP contribution in [0.5, 0.6) is 0 Å². The van der Waals surface area contributed by atoms with E-state index in [0.717, 1.165) is 13.1 Å². The van der Waals surface area contributed by atoms with Gasteiger partial charge in [0, 0.05) is 36.2 Å². The fraction of sp³-hybridized carbons (Fsp3) is 0.333. The summed E-state index contributed by atoms with van der Waals surface area (Å²) in [6.45, 7) is 4.15. The van der Waals surface area contributed by atoms with Crippen molar-refractivity contribution in [3.05, 3.63) is 39.8 Å².